The third-order valence-electron chi connectivity index (χ3n) is 5.56. The van der Waals surface area contributed by atoms with Gasteiger partial charge in [-0.25, -0.2) is 15.0 Å². The van der Waals surface area contributed by atoms with Crippen LogP contribution in [0.2, 0.25) is 0 Å². The summed E-state index contributed by atoms with van der Waals surface area (Å²) in [7, 11) is 0. The van der Waals surface area contributed by atoms with E-state index in [1.54, 1.807) is 0 Å². The number of halogens is 3. The van der Waals surface area contributed by atoms with Gasteiger partial charge >= 0.3 is 6.18 Å². The lowest BCUT2D eigenvalue weighted by Crippen LogP contribution is -2.47. The zero-order chi connectivity index (χ0) is 21.6. The third-order valence-corrected chi connectivity index (χ3v) is 5.56. The van der Waals surface area contributed by atoms with E-state index < -0.39 is 11.9 Å². The largest absolute Gasteiger partial charge is 0.434 e. The first-order valence-electron chi connectivity index (χ1n) is 9.85. The molecule has 1 fully saturated rings. The first-order valence-corrected chi connectivity index (χ1v) is 9.85. The monoisotopic (exact) mass is 429 g/mol. The molecule has 0 unspecified atom stereocenters. The minimum Gasteiger partial charge on any atom is -0.376 e. The van der Waals surface area contributed by atoms with Gasteiger partial charge in [0.15, 0.2) is 17.2 Å². The summed E-state index contributed by atoms with van der Waals surface area (Å²) in [5, 5.41) is 9.59. The van der Waals surface area contributed by atoms with E-state index in [1.807, 2.05) is 15.9 Å². The molecule has 5 rings (SSSR count). The molecule has 3 aromatic rings. The zero-order valence-electron chi connectivity index (χ0n) is 16.4. The zero-order valence-corrected chi connectivity index (χ0v) is 16.4. The van der Waals surface area contributed by atoms with Crippen LogP contribution in [-0.4, -0.2) is 52.1 Å². The number of nitriles is 1. The molecule has 2 aliphatic heterocycles. The third kappa shape index (κ3) is 3.53. The number of piperazine rings is 1. The summed E-state index contributed by atoms with van der Waals surface area (Å²) in [6.07, 6.45) is 0.0889. The number of hydrogen-bond donors (Lipinski definition) is 0. The molecular formula is C20H18F3N7O. The van der Waals surface area contributed by atoms with Crippen molar-refractivity contribution in [2.75, 3.05) is 42.6 Å². The molecule has 0 bridgehead atoms. The maximum absolute atomic E-state index is 13.1. The van der Waals surface area contributed by atoms with E-state index in [-0.39, 0.29) is 5.65 Å². The molecule has 2 aliphatic rings. The number of ether oxygens (including phenoxy) is 1. The maximum Gasteiger partial charge on any atom is 0.434 e. The van der Waals surface area contributed by atoms with Crippen LogP contribution in [0.4, 0.5) is 24.8 Å². The van der Waals surface area contributed by atoms with E-state index in [9.17, 15) is 18.4 Å². The van der Waals surface area contributed by atoms with Crippen LogP contribution >= 0.6 is 0 Å². The van der Waals surface area contributed by atoms with Gasteiger partial charge in [-0.05, 0) is 6.07 Å². The van der Waals surface area contributed by atoms with Gasteiger partial charge in [-0.1, -0.05) is 0 Å². The molecule has 0 spiro atoms. The number of imidazole rings is 1. The number of fused-ring (bicyclic) bond motifs is 2. The van der Waals surface area contributed by atoms with E-state index >= 15 is 0 Å². The highest BCUT2D eigenvalue weighted by Crippen LogP contribution is 2.31. The molecular weight excluding hydrogens is 411 g/mol. The number of hydrogen-bond acceptors (Lipinski definition) is 7. The molecule has 0 aromatic carbocycles. The summed E-state index contributed by atoms with van der Waals surface area (Å²) in [6, 6.07) is 4.06. The molecule has 31 heavy (non-hydrogen) atoms. The van der Waals surface area contributed by atoms with Crippen molar-refractivity contribution >= 4 is 17.3 Å². The summed E-state index contributed by atoms with van der Waals surface area (Å²) >= 11 is 0. The van der Waals surface area contributed by atoms with Crippen molar-refractivity contribution in [3.63, 3.8) is 0 Å². The van der Waals surface area contributed by atoms with Crippen LogP contribution in [-0.2, 0) is 23.9 Å². The van der Waals surface area contributed by atoms with Crippen LogP contribution in [0.1, 0.15) is 22.5 Å². The van der Waals surface area contributed by atoms with E-state index in [0.717, 1.165) is 17.5 Å². The molecule has 8 nitrogen and oxygen atoms in total. The lowest BCUT2D eigenvalue weighted by molar-refractivity contribution is -0.140. The Morgan fingerprint density at radius 2 is 1.81 bits per heavy atom. The van der Waals surface area contributed by atoms with Crippen LogP contribution in [0.15, 0.2) is 24.7 Å². The van der Waals surface area contributed by atoms with Crippen LogP contribution < -0.4 is 9.80 Å². The first-order chi connectivity index (χ1) is 14.9. The molecule has 0 saturated carbocycles. The minimum absolute atomic E-state index is 0.174. The highest BCUT2D eigenvalue weighted by Gasteiger charge is 2.35. The van der Waals surface area contributed by atoms with Gasteiger partial charge in [-0.15, -0.1) is 0 Å². The van der Waals surface area contributed by atoms with Gasteiger partial charge in [0.2, 0.25) is 0 Å². The predicted molar refractivity (Wildman–Crippen MR) is 105 cm³/mol. The van der Waals surface area contributed by atoms with E-state index in [0.29, 0.717) is 63.0 Å². The Hall–Kier alpha value is -3.39. The van der Waals surface area contributed by atoms with Crippen molar-refractivity contribution in [2.45, 2.75) is 19.2 Å². The van der Waals surface area contributed by atoms with Gasteiger partial charge < -0.3 is 18.9 Å². The van der Waals surface area contributed by atoms with Crippen LogP contribution in [0.5, 0.6) is 0 Å². The normalized spacial score (nSPS) is 17.0. The highest BCUT2D eigenvalue weighted by molar-refractivity contribution is 5.66. The second-order valence-corrected chi connectivity index (χ2v) is 7.46. The van der Waals surface area contributed by atoms with Crippen molar-refractivity contribution in [1.82, 2.24) is 19.4 Å². The molecule has 11 heteroatoms. The molecule has 0 amide bonds. The molecule has 0 radical (unpaired) electrons. The molecule has 3 aromatic heterocycles. The van der Waals surface area contributed by atoms with Crippen molar-refractivity contribution in [3.8, 4) is 6.07 Å². The smallest absolute Gasteiger partial charge is 0.376 e. The summed E-state index contributed by atoms with van der Waals surface area (Å²) in [5.74, 6) is 1.06. The fourth-order valence-electron chi connectivity index (χ4n) is 3.99. The molecule has 0 aliphatic carbocycles. The van der Waals surface area contributed by atoms with Gasteiger partial charge in [0.1, 0.15) is 11.9 Å². The van der Waals surface area contributed by atoms with E-state index in [2.05, 4.69) is 16.0 Å². The average molecular weight is 429 g/mol. The molecule has 160 valence electrons. The van der Waals surface area contributed by atoms with Gasteiger partial charge in [-0.2, -0.15) is 18.4 Å². The topological polar surface area (TPSA) is 82.6 Å². The lowest BCUT2D eigenvalue weighted by Gasteiger charge is -2.36. The Kier molecular flexibility index (Phi) is 4.66. The van der Waals surface area contributed by atoms with Gasteiger partial charge in [0.05, 0.1) is 24.5 Å². The minimum atomic E-state index is -4.52. The van der Waals surface area contributed by atoms with Crippen LogP contribution in [0.3, 0.4) is 0 Å². The standard InChI is InChI=1S/C20H18F3N7O/c21-20(22,23)16-11-30-3-2-25-18(19(30)27-16)29-6-4-28(5-7-29)17-13(10-24)9-14-12-31-8-1-15(14)26-17/h2-3,9,11H,1,4-8,12H2. The summed E-state index contributed by atoms with van der Waals surface area (Å²) in [5.41, 5.74) is 1.63. The second kappa shape index (κ2) is 7.39. The number of pyridine rings is 1. The van der Waals surface area contributed by atoms with Gasteiger partial charge in [-0.3, -0.25) is 0 Å². The Bertz CT molecular complexity index is 1180. The lowest BCUT2D eigenvalue weighted by atomic mass is 10.1. The summed E-state index contributed by atoms with van der Waals surface area (Å²) in [4.78, 5) is 16.7. The van der Waals surface area contributed by atoms with Gasteiger partial charge in [0.25, 0.3) is 0 Å². The number of alkyl halides is 3. The Balaban J connectivity index is 1.39. The van der Waals surface area contributed by atoms with E-state index in [1.165, 1.54) is 16.8 Å². The van der Waals surface area contributed by atoms with Crippen molar-refractivity contribution in [1.29, 1.82) is 5.26 Å². The summed E-state index contributed by atoms with van der Waals surface area (Å²) in [6.45, 7) is 3.24. The maximum atomic E-state index is 13.1. The number of rotatable bonds is 2. The Morgan fingerprint density at radius 3 is 2.52 bits per heavy atom. The molecule has 0 atom stereocenters. The fraction of sp³-hybridized carbons (Fsp3) is 0.400. The fourth-order valence-corrected chi connectivity index (χ4v) is 3.99. The van der Waals surface area contributed by atoms with Crippen LogP contribution in [0.25, 0.3) is 5.65 Å². The molecule has 5 heterocycles. The summed E-state index contributed by atoms with van der Waals surface area (Å²) < 4.78 is 46.0. The number of nitrogens with zero attached hydrogens (tertiary/aromatic N) is 7. The molecule has 1 saturated heterocycles. The Labute approximate surface area is 175 Å². The van der Waals surface area contributed by atoms with Crippen molar-refractivity contribution in [3.05, 3.63) is 47.2 Å². The van der Waals surface area contributed by atoms with E-state index in [4.69, 9.17) is 9.72 Å². The van der Waals surface area contributed by atoms with Crippen molar-refractivity contribution < 1.29 is 17.9 Å². The average Bonchev–Trinajstić information content (AvgIpc) is 3.23. The highest BCUT2D eigenvalue weighted by atomic mass is 19.4. The van der Waals surface area contributed by atoms with Gasteiger partial charge in [0, 0.05) is 56.8 Å². The number of aromatic nitrogens is 4. The molecule has 0 N–H and O–H groups in total. The SMILES string of the molecule is N#Cc1cc2c(nc1N1CCN(c3nccn4cc(C(F)(F)F)nc34)CC1)CCOC2. The quantitative estimate of drug-likeness (QED) is 0.619. The van der Waals surface area contributed by atoms with Crippen molar-refractivity contribution in [2.24, 2.45) is 0 Å². The predicted octanol–water partition coefficient (Wildman–Crippen LogP) is 2.41. The Morgan fingerprint density at radius 1 is 1.06 bits per heavy atom. The second-order valence-electron chi connectivity index (χ2n) is 7.46. The first kappa shape index (κ1) is 19.6. The number of anilines is 2. The van der Waals surface area contributed by atoms with Crippen LogP contribution in [0, 0.1) is 11.3 Å².